The van der Waals surface area contributed by atoms with Crippen LogP contribution in [0.3, 0.4) is 0 Å². The monoisotopic (exact) mass is 494 g/mol. The van der Waals surface area contributed by atoms with E-state index in [-0.39, 0.29) is 5.70 Å². The van der Waals surface area contributed by atoms with Crippen LogP contribution in [0.25, 0.3) is 23.0 Å². The van der Waals surface area contributed by atoms with Crippen molar-refractivity contribution in [2.45, 2.75) is 13.8 Å². The Morgan fingerprint density at radius 1 is 0.919 bits per heavy atom. The lowest BCUT2D eigenvalue weighted by atomic mass is 10.1. The zero-order valence-corrected chi connectivity index (χ0v) is 20.5. The van der Waals surface area contributed by atoms with Crippen LogP contribution in [0.4, 0.5) is 5.82 Å². The standard InChI is InChI=1S/C29H26N4O4/c1-20-13-15-23(16-14-20)25-18-27(33(32-25)24-11-7-4-8-12-24)31-28(35)19-37-29(36)26(30-21(2)34)17-22-9-5-3-6-10-22/h3-18H,19H2,1-2H3,(H,30,34)(H,31,35)/b26-17-. The largest absolute Gasteiger partial charge is 0.451 e. The fraction of sp³-hybridized carbons (Fsp3) is 0.103. The molecule has 3 aromatic carbocycles. The van der Waals surface area contributed by atoms with Gasteiger partial charge in [-0.1, -0.05) is 78.4 Å². The molecule has 8 heteroatoms. The second-order valence-corrected chi connectivity index (χ2v) is 8.30. The van der Waals surface area contributed by atoms with Gasteiger partial charge in [0.05, 0.1) is 11.4 Å². The van der Waals surface area contributed by atoms with Crippen LogP contribution in [0, 0.1) is 6.92 Å². The summed E-state index contributed by atoms with van der Waals surface area (Å²) in [6.07, 6.45) is 1.49. The Hall–Kier alpha value is -4.98. The number of carbonyl (C=O) groups excluding carboxylic acids is 3. The number of aryl methyl sites for hydroxylation is 1. The molecule has 2 N–H and O–H groups in total. The molecule has 2 amide bonds. The normalized spacial score (nSPS) is 11.0. The molecule has 0 radical (unpaired) electrons. The van der Waals surface area contributed by atoms with Gasteiger partial charge in [0.25, 0.3) is 5.91 Å². The Morgan fingerprint density at radius 2 is 1.57 bits per heavy atom. The molecule has 0 aliphatic rings. The number of hydrogen-bond donors (Lipinski definition) is 2. The van der Waals surface area contributed by atoms with Crippen molar-refractivity contribution in [1.29, 1.82) is 0 Å². The lowest BCUT2D eigenvalue weighted by Gasteiger charge is -2.11. The van der Waals surface area contributed by atoms with E-state index in [4.69, 9.17) is 4.74 Å². The molecular weight excluding hydrogens is 468 g/mol. The van der Waals surface area contributed by atoms with Gasteiger partial charge < -0.3 is 15.4 Å². The van der Waals surface area contributed by atoms with Gasteiger partial charge in [-0.15, -0.1) is 0 Å². The number of nitrogens with one attached hydrogen (secondary N) is 2. The van der Waals surface area contributed by atoms with Crippen LogP contribution in [0.1, 0.15) is 18.1 Å². The minimum atomic E-state index is -0.828. The summed E-state index contributed by atoms with van der Waals surface area (Å²) in [5.41, 5.74) is 4.09. The number of esters is 1. The van der Waals surface area contributed by atoms with Crippen LogP contribution in [-0.4, -0.2) is 34.2 Å². The van der Waals surface area contributed by atoms with E-state index in [2.05, 4.69) is 15.7 Å². The van der Waals surface area contributed by atoms with E-state index < -0.39 is 24.4 Å². The maximum Gasteiger partial charge on any atom is 0.355 e. The average molecular weight is 495 g/mol. The highest BCUT2D eigenvalue weighted by Gasteiger charge is 2.17. The second-order valence-electron chi connectivity index (χ2n) is 8.30. The van der Waals surface area contributed by atoms with Crippen LogP contribution in [-0.2, 0) is 19.1 Å². The Kier molecular flexibility index (Phi) is 7.90. The molecule has 0 unspecified atom stereocenters. The third-order valence-corrected chi connectivity index (χ3v) is 5.30. The van der Waals surface area contributed by atoms with Crippen molar-refractivity contribution in [2.24, 2.45) is 0 Å². The zero-order valence-electron chi connectivity index (χ0n) is 20.5. The zero-order chi connectivity index (χ0) is 26.2. The molecule has 0 bridgehead atoms. The van der Waals surface area contributed by atoms with Gasteiger partial charge in [-0.25, -0.2) is 9.48 Å². The molecule has 1 heterocycles. The summed E-state index contributed by atoms with van der Waals surface area (Å²) in [5, 5.41) is 9.91. The third kappa shape index (κ3) is 6.79. The van der Waals surface area contributed by atoms with Crippen LogP contribution < -0.4 is 10.6 Å². The fourth-order valence-electron chi connectivity index (χ4n) is 3.54. The van der Waals surface area contributed by atoms with Gasteiger partial charge in [0.2, 0.25) is 5.91 Å². The van der Waals surface area contributed by atoms with Crippen LogP contribution >= 0.6 is 0 Å². The quantitative estimate of drug-likeness (QED) is 0.277. The molecule has 0 saturated carbocycles. The van der Waals surface area contributed by atoms with Crippen molar-refractivity contribution in [3.05, 3.63) is 108 Å². The molecule has 0 spiro atoms. The predicted molar refractivity (Wildman–Crippen MR) is 142 cm³/mol. The highest BCUT2D eigenvalue weighted by Crippen LogP contribution is 2.25. The molecule has 0 saturated heterocycles. The summed E-state index contributed by atoms with van der Waals surface area (Å²) in [6, 6.07) is 28.0. The summed E-state index contributed by atoms with van der Waals surface area (Å²) >= 11 is 0. The number of amides is 2. The Balaban J connectivity index is 1.51. The van der Waals surface area contributed by atoms with Crippen LogP contribution in [0.2, 0.25) is 0 Å². The maximum absolute atomic E-state index is 12.8. The highest BCUT2D eigenvalue weighted by molar-refractivity contribution is 5.99. The van der Waals surface area contributed by atoms with Crippen molar-refractivity contribution in [3.8, 4) is 16.9 Å². The Labute approximate surface area is 214 Å². The van der Waals surface area contributed by atoms with E-state index in [0.29, 0.717) is 17.1 Å². The van der Waals surface area contributed by atoms with Crippen molar-refractivity contribution in [3.63, 3.8) is 0 Å². The number of benzene rings is 3. The lowest BCUT2D eigenvalue weighted by Crippen LogP contribution is -2.29. The Morgan fingerprint density at radius 3 is 2.22 bits per heavy atom. The first kappa shape index (κ1) is 25.1. The van der Waals surface area contributed by atoms with Gasteiger partial charge in [-0.3, -0.25) is 9.59 Å². The van der Waals surface area contributed by atoms with Gasteiger partial charge in [0.1, 0.15) is 11.5 Å². The minimum Gasteiger partial charge on any atom is -0.451 e. The molecule has 4 aromatic rings. The number of carbonyl (C=O) groups is 3. The number of para-hydroxylation sites is 1. The van der Waals surface area contributed by atoms with Crippen molar-refractivity contribution in [1.82, 2.24) is 15.1 Å². The minimum absolute atomic E-state index is 0.0671. The van der Waals surface area contributed by atoms with Crippen molar-refractivity contribution >= 4 is 29.7 Å². The van der Waals surface area contributed by atoms with Crippen LogP contribution in [0.5, 0.6) is 0 Å². The van der Waals surface area contributed by atoms with E-state index in [1.54, 1.807) is 35.0 Å². The maximum atomic E-state index is 12.8. The molecule has 0 aliphatic heterocycles. The highest BCUT2D eigenvalue weighted by atomic mass is 16.5. The summed E-state index contributed by atoms with van der Waals surface area (Å²) < 4.78 is 6.82. The first-order valence-electron chi connectivity index (χ1n) is 11.6. The van der Waals surface area contributed by atoms with E-state index in [0.717, 1.165) is 16.8 Å². The topological polar surface area (TPSA) is 102 Å². The molecule has 1 aromatic heterocycles. The predicted octanol–water partition coefficient (Wildman–Crippen LogP) is 4.51. The smallest absolute Gasteiger partial charge is 0.355 e. The second kappa shape index (κ2) is 11.6. The van der Waals surface area contributed by atoms with Gasteiger partial charge in [-0.2, -0.15) is 5.10 Å². The summed E-state index contributed by atoms with van der Waals surface area (Å²) in [4.78, 5) is 37.0. The average Bonchev–Trinajstić information content (AvgIpc) is 3.31. The third-order valence-electron chi connectivity index (χ3n) is 5.30. The molecular formula is C29H26N4O4. The van der Waals surface area contributed by atoms with E-state index in [1.807, 2.05) is 67.6 Å². The van der Waals surface area contributed by atoms with E-state index in [9.17, 15) is 14.4 Å². The van der Waals surface area contributed by atoms with Crippen LogP contribution in [0.15, 0.2) is 96.7 Å². The number of rotatable bonds is 8. The van der Waals surface area contributed by atoms with Gasteiger partial charge in [0, 0.05) is 18.6 Å². The lowest BCUT2D eigenvalue weighted by molar-refractivity contribution is -0.144. The number of ether oxygens (including phenoxy) is 1. The summed E-state index contributed by atoms with van der Waals surface area (Å²) in [6.45, 7) is 2.74. The van der Waals surface area contributed by atoms with Crippen molar-refractivity contribution in [2.75, 3.05) is 11.9 Å². The van der Waals surface area contributed by atoms with E-state index in [1.165, 1.54) is 13.0 Å². The Bertz CT molecular complexity index is 1430. The molecule has 8 nitrogen and oxygen atoms in total. The number of anilines is 1. The first-order valence-corrected chi connectivity index (χ1v) is 11.6. The molecule has 186 valence electrons. The van der Waals surface area contributed by atoms with E-state index >= 15 is 0 Å². The molecule has 4 rings (SSSR count). The molecule has 0 atom stereocenters. The van der Waals surface area contributed by atoms with Gasteiger partial charge >= 0.3 is 5.97 Å². The molecule has 0 fully saturated rings. The molecule has 0 aliphatic carbocycles. The fourth-order valence-corrected chi connectivity index (χ4v) is 3.54. The van der Waals surface area contributed by atoms with Gasteiger partial charge in [0.15, 0.2) is 6.61 Å². The first-order chi connectivity index (χ1) is 17.9. The summed E-state index contributed by atoms with van der Waals surface area (Å²) in [5.74, 6) is -1.39. The number of aromatic nitrogens is 2. The molecule has 37 heavy (non-hydrogen) atoms. The van der Waals surface area contributed by atoms with Gasteiger partial charge in [-0.05, 0) is 30.7 Å². The summed E-state index contributed by atoms with van der Waals surface area (Å²) in [7, 11) is 0. The number of nitrogens with zero attached hydrogens (tertiary/aromatic N) is 2. The number of hydrogen-bond acceptors (Lipinski definition) is 5. The SMILES string of the molecule is CC(=O)N/C(=C\c1ccccc1)C(=O)OCC(=O)Nc1cc(-c2ccc(C)cc2)nn1-c1ccccc1. The van der Waals surface area contributed by atoms with Crippen molar-refractivity contribution < 1.29 is 19.1 Å².